The number of carbonyl (C=O) groups is 2. The molecule has 0 bridgehead atoms. The highest BCUT2D eigenvalue weighted by Crippen LogP contribution is 2.30. The zero-order chi connectivity index (χ0) is 24.7. The number of esters is 2. The van der Waals surface area contributed by atoms with E-state index in [1.54, 1.807) is 13.8 Å². The van der Waals surface area contributed by atoms with Crippen molar-refractivity contribution in [1.29, 1.82) is 0 Å². The molecular formula is C23H44O8S. The van der Waals surface area contributed by atoms with Crippen molar-refractivity contribution in [2.75, 3.05) is 31.3 Å². The first kappa shape index (κ1) is 31.1. The molecule has 190 valence electrons. The fourth-order valence-corrected chi connectivity index (χ4v) is 4.47. The summed E-state index contributed by atoms with van der Waals surface area (Å²) in [5.41, 5.74) is -0.960. The van der Waals surface area contributed by atoms with Crippen LogP contribution in [0.5, 0.6) is 0 Å². The summed E-state index contributed by atoms with van der Waals surface area (Å²) in [6, 6.07) is 0. The van der Waals surface area contributed by atoms with Crippen molar-refractivity contribution in [3.05, 3.63) is 0 Å². The SMILES string of the molecule is CCCCC(CC)COC(=O)C(CC)CC(C)(C)C(=O)OCC(O)C[S+]([O-])CC(O)CO. The smallest absolute Gasteiger partial charge is 0.311 e. The molecule has 9 heteroatoms. The molecule has 5 unspecified atom stereocenters. The monoisotopic (exact) mass is 480 g/mol. The number of aliphatic hydroxyl groups is 3. The summed E-state index contributed by atoms with van der Waals surface area (Å²) in [5, 5.41) is 28.0. The topological polar surface area (TPSA) is 136 Å². The van der Waals surface area contributed by atoms with Crippen LogP contribution >= 0.6 is 0 Å². The summed E-state index contributed by atoms with van der Waals surface area (Å²) in [6.07, 6.45) is 2.72. The number of hydrogen-bond acceptors (Lipinski definition) is 8. The minimum absolute atomic E-state index is 0.162. The maximum absolute atomic E-state index is 12.6. The van der Waals surface area contributed by atoms with Gasteiger partial charge in [-0.15, -0.1) is 0 Å². The molecule has 0 aliphatic heterocycles. The van der Waals surface area contributed by atoms with Crippen LogP contribution in [0.1, 0.15) is 73.1 Å². The third-order valence-corrected chi connectivity index (χ3v) is 7.03. The van der Waals surface area contributed by atoms with E-state index in [2.05, 4.69) is 13.8 Å². The van der Waals surface area contributed by atoms with Crippen LogP contribution < -0.4 is 0 Å². The molecule has 0 saturated heterocycles. The van der Waals surface area contributed by atoms with Crippen molar-refractivity contribution in [3.63, 3.8) is 0 Å². The van der Waals surface area contributed by atoms with Crippen LogP contribution in [0.3, 0.4) is 0 Å². The number of ether oxygens (including phenoxy) is 2. The molecule has 3 N–H and O–H groups in total. The van der Waals surface area contributed by atoms with Crippen LogP contribution in [0, 0.1) is 17.3 Å². The first-order valence-electron chi connectivity index (χ1n) is 11.7. The largest absolute Gasteiger partial charge is 0.616 e. The predicted octanol–water partition coefficient (Wildman–Crippen LogP) is 2.19. The van der Waals surface area contributed by atoms with Gasteiger partial charge in [0.05, 0.1) is 24.5 Å². The first-order chi connectivity index (χ1) is 15.0. The van der Waals surface area contributed by atoms with Gasteiger partial charge in [-0.2, -0.15) is 0 Å². The molecule has 0 aromatic carbocycles. The predicted molar refractivity (Wildman–Crippen MR) is 124 cm³/mol. The van der Waals surface area contributed by atoms with Gasteiger partial charge in [0.25, 0.3) is 0 Å². The lowest BCUT2D eigenvalue weighted by Crippen LogP contribution is -2.36. The van der Waals surface area contributed by atoms with Gasteiger partial charge in [0.2, 0.25) is 0 Å². The normalized spacial score (nSPS) is 16.7. The average molecular weight is 481 g/mol. The minimum atomic E-state index is -1.55. The Balaban J connectivity index is 4.61. The number of rotatable bonds is 18. The Morgan fingerprint density at radius 1 is 1.00 bits per heavy atom. The van der Waals surface area contributed by atoms with Gasteiger partial charge in [-0.25, -0.2) is 0 Å². The van der Waals surface area contributed by atoms with E-state index in [4.69, 9.17) is 14.6 Å². The molecule has 0 saturated carbocycles. The first-order valence-corrected chi connectivity index (χ1v) is 13.1. The summed E-state index contributed by atoms with van der Waals surface area (Å²) >= 11 is -1.55. The third-order valence-electron chi connectivity index (χ3n) is 5.51. The second-order valence-electron chi connectivity index (χ2n) is 9.10. The molecule has 0 aliphatic carbocycles. The summed E-state index contributed by atoms with van der Waals surface area (Å²) in [4.78, 5) is 25.1. The minimum Gasteiger partial charge on any atom is -0.616 e. The van der Waals surface area contributed by atoms with Crippen LogP contribution in [-0.2, 0) is 30.2 Å². The van der Waals surface area contributed by atoms with Gasteiger partial charge in [0.15, 0.2) is 0 Å². The van der Waals surface area contributed by atoms with Crippen LogP contribution in [-0.4, -0.2) is 75.3 Å². The van der Waals surface area contributed by atoms with E-state index >= 15 is 0 Å². The average Bonchev–Trinajstić information content (AvgIpc) is 2.75. The van der Waals surface area contributed by atoms with Crippen molar-refractivity contribution in [2.45, 2.75) is 85.4 Å². The van der Waals surface area contributed by atoms with E-state index in [-0.39, 0.29) is 30.5 Å². The molecule has 0 heterocycles. The van der Waals surface area contributed by atoms with Crippen molar-refractivity contribution < 1.29 is 38.9 Å². The quantitative estimate of drug-likeness (QED) is 0.201. The van der Waals surface area contributed by atoms with Gasteiger partial charge in [0.1, 0.15) is 30.3 Å². The number of aliphatic hydroxyl groups excluding tert-OH is 3. The molecule has 5 atom stereocenters. The Labute approximate surface area is 196 Å². The highest BCUT2D eigenvalue weighted by molar-refractivity contribution is 7.91. The molecule has 8 nitrogen and oxygen atoms in total. The fraction of sp³-hybridized carbons (Fsp3) is 0.913. The van der Waals surface area contributed by atoms with E-state index in [1.807, 2.05) is 6.92 Å². The van der Waals surface area contributed by atoms with Crippen molar-refractivity contribution >= 4 is 23.1 Å². The lowest BCUT2D eigenvalue weighted by Gasteiger charge is -2.27. The Bertz CT molecular complexity index is 528. The van der Waals surface area contributed by atoms with E-state index in [0.717, 1.165) is 25.7 Å². The lowest BCUT2D eigenvalue weighted by atomic mass is 9.81. The van der Waals surface area contributed by atoms with E-state index in [9.17, 15) is 24.4 Å². The maximum Gasteiger partial charge on any atom is 0.311 e. The van der Waals surface area contributed by atoms with Crippen LogP contribution in [0.4, 0.5) is 0 Å². The van der Waals surface area contributed by atoms with Crippen molar-refractivity contribution in [3.8, 4) is 0 Å². The zero-order valence-corrected chi connectivity index (χ0v) is 21.2. The molecule has 0 aromatic heterocycles. The van der Waals surface area contributed by atoms with Crippen molar-refractivity contribution in [1.82, 2.24) is 0 Å². The molecule has 0 aliphatic rings. The molecule has 32 heavy (non-hydrogen) atoms. The van der Waals surface area contributed by atoms with Gasteiger partial charge in [-0.3, -0.25) is 9.59 Å². The third kappa shape index (κ3) is 13.0. The number of unbranched alkanes of at least 4 members (excludes halogenated alkanes) is 1. The second-order valence-corrected chi connectivity index (χ2v) is 10.6. The van der Waals surface area contributed by atoms with Gasteiger partial charge < -0.3 is 29.3 Å². The summed E-state index contributed by atoms with van der Waals surface area (Å²) < 4.78 is 22.6. The van der Waals surface area contributed by atoms with Crippen LogP contribution in [0.15, 0.2) is 0 Å². The fourth-order valence-electron chi connectivity index (χ4n) is 3.27. The Morgan fingerprint density at radius 3 is 2.16 bits per heavy atom. The lowest BCUT2D eigenvalue weighted by molar-refractivity contribution is -0.160. The van der Waals surface area contributed by atoms with Gasteiger partial charge in [-0.05, 0) is 50.2 Å². The molecule has 0 rings (SSSR count). The second kappa shape index (κ2) is 16.7. The van der Waals surface area contributed by atoms with E-state index in [1.165, 1.54) is 0 Å². The molecule has 0 spiro atoms. The molecule has 0 fully saturated rings. The van der Waals surface area contributed by atoms with Crippen molar-refractivity contribution in [2.24, 2.45) is 17.3 Å². The highest BCUT2D eigenvalue weighted by Gasteiger charge is 2.36. The van der Waals surface area contributed by atoms with Crippen LogP contribution in [0.2, 0.25) is 0 Å². The number of carbonyl (C=O) groups excluding carboxylic acids is 2. The van der Waals surface area contributed by atoms with Gasteiger partial charge >= 0.3 is 11.9 Å². The van der Waals surface area contributed by atoms with Gasteiger partial charge in [0, 0.05) is 0 Å². The van der Waals surface area contributed by atoms with Gasteiger partial charge in [-0.1, -0.05) is 40.0 Å². The zero-order valence-electron chi connectivity index (χ0n) is 20.4. The number of hydrogen-bond donors (Lipinski definition) is 3. The molecular weight excluding hydrogens is 436 g/mol. The Hall–Kier alpha value is -0.870. The highest BCUT2D eigenvalue weighted by atomic mass is 32.2. The maximum atomic E-state index is 12.6. The summed E-state index contributed by atoms with van der Waals surface area (Å²) in [7, 11) is 0. The Kier molecular flexibility index (Phi) is 16.2. The summed E-state index contributed by atoms with van der Waals surface area (Å²) in [6.45, 7) is 9.01. The van der Waals surface area contributed by atoms with E-state index in [0.29, 0.717) is 18.9 Å². The Morgan fingerprint density at radius 2 is 1.62 bits per heavy atom. The molecule has 0 radical (unpaired) electrons. The molecule has 0 amide bonds. The molecule has 0 aromatic rings. The van der Waals surface area contributed by atoms with Crippen LogP contribution in [0.25, 0.3) is 0 Å². The standard InChI is InChI=1S/C23H44O8S/c1-6-9-10-17(7-2)13-30-21(27)18(8-3)11-23(4,5)22(28)31-14-20(26)16-32(29)15-19(25)12-24/h17-20,24-26H,6-16H2,1-5H3. The summed E-state index contributed by atoms with van der Waals surface area (Å²) in [5.74, 6) is -1.28. The van der Waals surface area contributed by atoms with E-state index < -0.39 is 47.3 Å².